The van der Waals surface area contributed by atoms with Crippen molar-refractivity contribution in [1.82, 2.24) is 0 Å². The molecule has 0 saturated carbocycles. The molecule has 0 aliphatic rings. The zero-order chi connectivity index (χ0) is 12.2. The highest BCUT2D eigenvalue weighted by atomic mass is 32.2. The van der Waals surface area contributed by atoms with Gasteiger partial charge < -0.3 is 0 Å². The summed E-state index contributed by atoms with van der Waals surface area (Å²) in [7, 11) is -4.44. The lowest BCUT2D eigenvalue weighted by molar-refractivity contribution is -0.432. The van der Waals surface area contributed by atoms with Crippen LogP contribution >= 0.6 is 12.0 Å². The maximum Gasteiger partial charge on any atom is 0.295 e. The Bertz CT molecular complexity index is 482. The summed E-state index contributed by atoms with van der Waals surface area (Å²) in [5.74, 6) is 0. The van der Waals surface area contributed by atoms with Crippen LogP contribution in [0.15, 0.2) is 28.0 Å². The van der Waals surface area contributed by atoms with Gasteiger partial charge >= 0.3 is 0 Å². The fraction of sp³-hybridized carbons (Fsp3) is 0. The van der Waals surface area contributed by atoms with Gasteiger partial charge in [-0.2, -0.15) is 8.42 Å². The molecule has 9 heteroatoms. The number of carbonyl (C=O) groups excluding carboxylic acids is 1. The molecule has 1 aromatic carbocycles. The summed E-state index contributed by atoms with van der Waals surface area (Å²) in [4.78, 5) is 10.4. The van der Waals surface area contributed by atoms with Gasteiger partial charge in [0.25, 0.3) is 10.1 Å². The molecule has 0 heterocycles. The highest BCUT2D eigenvalue weighted by Gasteiger charge is 2.15. The zero-order valence-corrected chi connectivity index (χ0v) is 9.19. The van der Waals surface area contributed by atoms with E-state index in [4.69, 9.17) is 9.81 Å². The summed E-state index contributed by atoms with van der Waals surface area (Å²) in [6, 6.07) is 3.45. The van der Waals surface area contributed by atoms with Gasteiger partial charge in [0.2, 0.25) is 0 Å². The summed E-state index contributed by atoms with van der Waals surface area (Å²) < 4.78 is 34.5. The van der Waals surface area contributed by atoms with E-state index in [1.54, 1.807) is 0 Å². The third-order valence-electron chi connectivity index (χ3n) is 1.55. The van der Waals surface area contributed by atoms with Crippen LogP contribution in [-0.2, 0) is 19.5 Å². The van der Waals surface area contributed by atoms with Gasteiger partial charge in [0.15, 0.2) is 6.29 Å². The van der Waals surface area contributed by atoms with E-state index in [0.29, 0.717) is 16.9 Å². The number of aldehydes is 1. The van der Waals surface area contributed by atoms with E-state index in [0.717, 1.165) is 12.1 Å². The Morgan fingerprint density at radius 3 is 2.56 bits per heavy atom. The molecule has 7 nitrogen and oxygen atoms in total. The van der Waals surface area contributed by atoms with Gasteiger partial charge in [-0.05, 0) is 18.2 Å². The van der Waals surface area contributed by atoms with E-state index in [1.807, 2.05) is 0 Å². The predicted octanol–water partition coefficient (Wildman–Crippen LogP) is 1.17. The van der Waals surface area contributed by atoms with Crippen LogP contribution in [0.2, 0.25) is 0 Å². The smallest absolute Gasteiger partial charge is 0.295 e. The molecule has 0 aliphatic carbocycles. The normalized spacial score (nSPS) is 11.4. The standard InChI is InChI=1S/C7H6O7S2/c8-4-5-3-6(15-14-13-9)1-2-7(5)16(10,11)12/h1-4,9H,(H,10,11,12). The molecule has 0 aromatic heterocycles. The van der Waals surface area contributed by atoms with Crippen LogP contribution in [0.4, 0.5) is 0 Å². The van der Waals surface area contributed by atoms with Gasteiger partial charge in [0.1, 0.15) is 4.90 Å². The van der Waals surface area contributed by atoms with Crippen LogP contribution < -0.4 is 0 Å². The van der Waals surface area contributed by atoms with Gasteiger partial charge in [-0.25, -0.2) is 5.26 Å². The summed E-state index contributed by atoms with van der Waals surface area (Å²) >= 11 is 0.562. The first-order chi connectivity index (χ1) is 7.49. The van der Waals surface area contributed by atoms with Crippen LogP contribution in [-0.4, -0.2) is 24.5 Å². The van der Waals surface area contributed by atoms with Crippen LogP contribution in [0.3, 0.4) is 0 Å². The van der Waals surface area contributed by atoms with Crippen molar-refractivity contribution in [2.24, 2.45) is 0 Å². The van der Waals surface area contributed by atoms with E-state index in [2.05, 4.69) is 9.37 Å². The minimum atomic E-state index is -4.44. The van der Waals surface area contributed by atoms with Crippen LogP contribution in [0, 0.1) is 0 Å². The molecule has 0 atom stereocenters. The van der Waals surface area contributed by atoms with E-state index in [-0.39, 0.29) is 11.8 Å². The molecule has 16 heavy (non-hydrogen) atoms. The first-order valence-corrected chi connectivity index (χ1v) is 5.88. The van der Waals surface area contributed by atoms with Gasteiger partial charge in [-0.1, -0.05) is 5.04 Å². The SMILES string of the molecule is O=Cc1cc(SOOO)ccc1S(=O)(=O)O. The van der Waals surface area contributed by atoms with Crippen LogP contribution in [0.1, 0.15) is 10.4 Å². The van der Waals surface area contributed by atoms with Crippen molar-refractivity contribution in [2.45, 2.75) is 9.79 Å². The highest BCUT2D eigenvalue weighted by Crippen LogP contribution is 2.23. The van der Waals surface area contributed by atoms with Gasteiger partial charge in [-0.15, -0.1) is 4.33 Å². The van der Waals surface area contributed by atoms with E-state index in [1.165, 1.54) is 6.07 Å². The van der Waals surface area contributed by atoms with Crippen LogP contribution in [0.25, 0.3) is 0 Å². The highest BCUT2D eigenvalue weighted by molar-refractivity contribution is 7.94. The second kappa shape index (κ2) is 5.39. The molecule has 0 fully saturated rings. The molecule has 1 aromatic rings. The van der Waals surface area contributed by atoms with Crippen LogP contribution in [0.5, 0.6) is 0 Å². The molecular formula is C7H6O7S2. The van der Waals surface area contributed by atoms with Gasteiger partial charge in [0, 0.05) is 10.5 Å². The molecule has 0 spiro atoms. The second-order valence-corrected chi connectivity index (χ2v) is 4.68. The summed E-state index contributed by atoms with van der Waals surface area (Å²) in [5, 5.41) is 11.2. The third-order valence-corrected chi connectivity index (χ3v) is 3.05. The fourth-order valence-electron chi connectivity index (χ4n) is 0.960. The lowest BCUT2D eigenvalue weighted by Crippen LogP contribution is -2.02. The molecule has 2 N–H and O–H groups in total. The average Bonchev–Trinajstić information content (AvgIpc) is 2.24. The van der Waals surface area contributed by atoms with Crippen molar-refractivity contribution in [3.8, 4) is 0 Å². The molecule has 0 amide bonds. The number of hydrogen-bond acceptors (Lipinski definition) is 7. The Kier molecular flexibility index (Phi) is 4.41. The molecule has 0 saturated heterocycles. The molecule has 88 valence electrons. The maximum absolute atomic E-state index is 10.8. The van der Waals surface area contributed by atoms with Gasteiger partial charge in [-0.3, -0.25) is 9.35 Å². The molecule has 0 radical (unpaired) electrons. The summed E-state index contributed by atoms with van der Waals surface area (Å²) in [6.45, 7) is 0. The number of carbonyl (C=O) groups is 1. The minimum absolute atomic E-state index is 0.228. The van der Waals surface area contributed by atoms with Crippen molar-refractivity contribution in [2.75, 3.05) is 0 Å². The first kappa shape index (κ1) is 13.1. The molecule has 0 bridgehead atoms. The van der Waals surface area contributed by atoms with Crippen molar-refractivity contribution < 1.29 is 32.4 Å². The Morgan fingerprint density at radius 1 is 1.38 bits per heavy atom. The topological polar surface area (TPSA) is 110 Å². The zero-order valence-electron chi connectivity index (χ0n) is 7.56. The quantitative estimate of drug-likeness (QED) is 0.269. The van der Waals surface area contributed by atoms with E-state index in [9.17, 15) is 13.2 Å². The Labute approximate surface area is 94.8 Å². The minimum Gasteiger partial charge on any atom is -0.298 e. The lowest BCUT2D eigenvalue weighted by atomic mass is 10.2. The monoisotopic (exact) mass is 266 g/mol. The summed E-state index contributed by atoms with van der Waals surface area (Å²) in [6.07, 6.45) is 0.271. The maximum atomic E-state index is 10.8. The van der Waals surface area contributed by atoms with E-state index < -0.39 is 15.0 Å². The largest absolute Gasteiger partial charge is 0.298 e. The number of benzene rings is 1. The summed E-state index contributed by atoms with van der Waals surface area (Å²) in [5.41, 5.74) is -0.228. The van der Waals surface area contributed by atoms with Crippen molar-refractivity contribution >= 4 is 28.4 Å². The molecule has 0 aliphatic heterocycles. The average molecular weight is 266 g/mol. The van der Waals surface area contributed by atoms with Gasteiger partial charge in [0.05, 0.1) is 12.0 Å². The first-order valence-electron chi connectivity index (χ1n) is 3.70. The third kappa shape index (κ3) is 3.27. The molecule has 1 rings (SSSR count). The fourth-order valence-corrected chi connectivity index (χ4v) is 2.01. The van der Waals surface area contributed by atoms with E-state index >= 15 is 0 Å². The Hall–Kier alpha value is -0.970. The lowest BCUT2D eigenvalue weighted by Gasteiger charge is -2.03. The number of rotatable bonds is 5. The Balaban J connectivity index is 3.12. The number of hydrogen-bond donors (Lipinski definition) is 2. The molecule has 0 unspecified atom stereocenters. The van der Waals surface area contributed by atoms with Crippen molar-refractivity contribution in [3.05, 3.63) is 23.8 Å². The predicted molar refractivity (Wildman–Crippen MR) is 52.3 cm³/mol. The van der Waals surface area contributed by atoms with Crippen molar-refractivity contribution in [1.29, 1.82) is 0 Å². The Morgan fingerprint density at radius 2 is 2.06 bits per heavy atom. The van der Waals surface area contributed by atoms with Crippen molar-refractivity contribution in [3.63, 3.8) is 0 Å². The molecular weight excluding hydrogens is 260 g/mol. The second-order valence-electron chi connectivity index (χ2n) is 2.52.